The zero-order chi connectivity index (χ0) is 27.9. The van der Waals surface area contributed by atoms with Gasteiger partial charge in [0.2, 0.25) is 4.80 Å². The van der Waals surface area contributed by atoms with E-state index in [1.807, 2.05) is 90.4 Å². The number of hydrogen-bond acceptors (Lipinski definition) is 5. The Morgan fingerprint density at radius 1 is 0.875 bits per heavy atom. The first-order valence-corrected chi connectivity index (χ1v) is 13.7. The molecule has 0 saturated carbocycles. The quantitative estimate of drug-likeness (QED) is 0.223. The molecule has 7 heteroatoms. The van der Waals surface area contributed by atoms with Crippen molar-refractivity contribution in [2.45, 2.75) is 20.4 Å². The molecule has 1 N–H and O–H groups in total. The number of nitrogens with zero attached hydrogens (tertiary/aromatic N) is 3. The number of aryl methyl sites for hydroxylation is 2. The minimum atomic E-state index is -0.156. The fourth-order valence-corrected chi connectivity index (χ4v) is 4.90. The third-order valence-electron chi connectivity index (χ3n) is 6.40. The largest absolute Gasteiger partial charge is 0.497 e. The molecule has 200 valence electrons. The molecule has 0 atom stereocenters. The van der Waals surface area contributed by atoms with E-state index in [9.17, 15) is 4.79 Å². The summed E-state index contributed by atoms with van der Waals surface area (Å²) >= 11 is 1.29. The lowest BCUT2D eigenvalue weighted by Crippen LogP contribution is -2.26. The van der Waals surface area contributed by atoms with Crippen LogP contribution in [-0.2, 0) is 6.54 Å². The Bertz CT molecular complexity index is 1680. The van der Waals surface area contributed by atoms with E-state index < -0.39 is 0 Å². The molecular formula is C33H30N4O2S. The number of amides is 1. The smallest absolute Gasteiger partial charge is 0.251 e. The Morgan fingerprint density at radius 2 is 1.52 bits per heavy atom. The zero-order valence-electron chi connectivity index (χ0n) is 22.7. The monoisotopic (exact) mass is 546 g/mol. The van der Waals surface area contributed by atoms with Gasteiger partial charge >= 0.3 is 0 Å². The van der Waals surface area contributed by atoms with E-state index in [1.165, 1.54) is 17.1 Å². The molecule has 0 aliphatic rings. The van der Waals surface area contributed by atoms with Crippen molar-refractivity contribution >= 4 is 29.2 Å². The summed E-state index contributed by atoms with van der Waals surface area (Å²) in [6.07, 6.45) is 2.08. The van der Waals surface area contributed by atoms with Crippen LogP contribution in [0.5, 0.6) is 5.75 Å². The number of ether oxygens (including phenoxy) is 1. The first-order valence-electron chi connectivity index (χ1n) is 13.0. The fraction of sp³-hybridized carbons (Fsp3) is 0.121. The van der Waals surface area contributed by atoms with Gasteiger partial charge in [-0.05, 0) is 61.9 Å². The van der Waals surface area contributed by atoms with Gasteiger partial charge in [-0.15, -0.1) is 0 Å². The highest BCUT2D eigenvalue weighted by Gasteiger charge is 2.14. The van der Waals surface area contributed by atoms with Gasteiger partial charge in [-0.3, -0.25) is 9.36 Å². The second-order valence-electron chi connectivity index (χ2n) is 9.38. The molecule has 5 rings (SSSR count). The van der Waals surface area contributed by atoms with Crippen LogP contribution in [-0.4, -0.2) is 22.0 Å². The van der Waals surface area contributed by atoms with E-state index in [2.05, 4.69) is 42.6 Å². The normalized spacial score (nSPS) is 11.9. The van der Waals surface area contributed by atoms with E-state index in [4.69, 9.17) is 14.1 Å². The van der Waals surface area contributed by atoms with E-state index in [0.717, 1.165) is 33.8 Å². The van der Waals surface area contributed by atoms with Gasteiger partial charge in [0.15, 0.2) is 0 Å². The third kappa shape index (κ3) is 6.45. The number of benzene rings is 4. The molecule has 0 bridgehead atoms. The fourth-order valence-electron chi connectivity index (χ4n) is 4.14. The Morgan fingerprint density at radius 3 is 2.17 bits per heavy atom. The van der Waals surface area contributed by atoms with Crippen molar-refractivity contribution in [2.24, 2.45) is 4.99 Å². The van der Waals surface area contributed by atoms with Crippen LogP contribution >= 0.6 is 11.5 Å². The number of rotatable bonds is 8. The topological polar surface area (TPSA) is 68.5 Å². The van der Waals surface area contributed by atoms with Gasteiger partial charge in [0.25, 0.3) is 5.91 Å². The van der Waals surface area contributed by atoms with Crippen LogP contribution in [0.25, 0.3) is 17.5 Å². The minimum Gasteiger partial charge on any atom is -0.497 e. The Labute approximate surface area is 238 Å². The molecule has 0 aliphatic heterocycles. The maximum atomic E-state index is 12.9. The van der Waals surface area contributed by atoms with Gasteiger partial charge in [-0.1, -0.05) is 77.9 Å². The minimum absolute atomic E-state index is 0.156. The average Bonchev–Trinajstić information content (AvgIpc) is 3.39. The second kappa shape index (κ2) is 12.4. The van der Waals surface area contributed by atoms with Gasteiger partial charge in [-0.25, -0.2) is 4.99 Å². The summed E-state index contributed by atoms with van der Waals surface area (Å²) < 4.78 is 12.1. The van der Waals surface area contributed by atoms with Crippen LogP contribution in [0.2, 0.25) is 0 Å². The molecule has 0 fully saturated rings. The van der Waals surface area contributed by atoms with Crippen molar-refractivity contribution in [2.75, 3.05) is 7.11 Å². The van der Waals surface area contributed by atoms with Crippen LogP contribution in [0.1, 0.15) is 38.4 Å². The number of carbonyl (C=O) groups excluding carboxylic acids is 1. The number of carbonyl (C=O) groups is 1. The van der Waals surface area contributed by atoms with Crippen LogP contribution in [0.4, 0.5) is 0 Å². The van der Waals surface area contributed by atoms with Crippen molar-refractivity contribution in [1.82, 2.24) is 14.3 Å². The van der Waals surface area contributed by atoms with Crippen molar-refractivity contribution in [3.63, 3.8) is 0 Å². The number of nitrogens with one attached hydrogen (secondary N) is 1. The number of methoxy groups -OCH3 is 1. The average molecular weight is 547 g/mol. The highest BCUT2D eigenvalue weighted by Crippen LogP contribution is 2.21. The number of aromatic nitrogens is 2. The molecule has 0 spiro atoms. The first kappa shape index (κ1) is 26.8. The van der Waals surface area contributed by atoms with E-state index >= 15 is 0 Å². The summed E-state index contributed by atoms with van der Waals surface area (Å²) in [4.78, 5) is 18.7. The van der Waals surface area contributed by atoms with Crippen LogP contribution in [0.15, 0.2) is 108 Å². The predicted molar refractivity (Wildman–Crippen MR) is 161 cm³/mol. The lowest BCUT2D eigenvalue weighted by atomic mass is 10.1. The zero-order valence-corrected chi connectivity index (χ0v) is 23.5. The summed E-state index contributed by atoms with van der Waals surface area (Å²) in [5.74, 6) is 1.28. The molecule has 0 unspecified atom stereocenters. The first-order chi connectivity index (χ1) is 19.5. The second-order valence-corrected chi connectivity index (χ2v) is 10.1. The highest BCUT2D eigenvalue weighted by atomic mass is 32.1. The molecule has 1 amide bonds. The maximum Gasteiger partial charge on any atom is 0.251 e. The van der Waals surface area contributed by atoms with Crippen molar-refractivity contribution < 1.29 is 9.53 Å². The predicted octanol–water partition coefficient (Wildman–Crippen LogP) is 6.59. The Balaban J connectivity index is 1.58. The summed E-state index contributed by atoms with van der Waals surface area (Å²) in [5, 5.41) is 3.01. The molecular weight excluding hydrogens is 516 g/mol. The lowest BCUT2D eigenvalue weighted by molar-refractivity contribution is 0.0949. The number of hydrogen-bond donors (Lipinski definition) is 1. The molecule has 1 aromatic heterocycles. The van der Waals surface area contributed by atoms with Crippen molar-refractivity contribution in [3.8, 4) is 11.4 Å². The summed E-state index contributed by atoms with van der Waals surface area (Å²) in [6.45, 7) is 4.31. The molecule has 0 radical (unpaired) electrons. The maximum absolute atomic E-state index is 12.9. The Hall–Kier alpha value is -4.75. The van der Waals surface area contributed by atoms with Crippen molar-refractivity contribution in [3.05, 3.63) is 142 Å². The molecule has 6 nitrogen and oxygen atoms in total. The molecule has 1 heterocycles. The van der Waals surface area contributed by atoms with Crippen LogP contribution in [0.3, 0.4) is 0 Å². The van der Waals surface area contributed by atoms with Gasteiger partial charge in [-0.2, -0.15) is 4.37 Å². The third-order valence-corrected chi connectivity index (χ3v) is 7.14. The summed E-state index contributed by atoms with van der Waals surface area (Å²) in [6, 6.07) is 33.7. The van der Waals surface area contributed by atoms with Crippen LogP contribution < -0.4 is 14.9 Å². The molecule has 0 aliphatic carbocycles. The Kier molecular flexibility index (Phi) is 8.32. The summed E-state index contributed by atoms with van der Waals surface area (Å²) in [7, 11) is 1.64. The van der Waals surface area contributed by atoms with E-state index in [-0.39, 0.29) is 12.5 Å². The van der Waals surface area contributed by atoms with Gasteiger partial charge in [0.1, 0.15) is 11.6 Å². The van der Waals surface area contributed by atoms with Gasteiger partial charge in [0.05, 0.1) is 19.4 Å². The molecule has 40 heavy (non-hydrogen) atoms. The highest BCUT2D eigenvalue weighted by molar-refractivity contribution is 7.02. The van der Waals surface area contributed by atoms with E-state index in [0.29, 0.717) is 16.2 Å². The van der Waals surface area contributed by atoms with Gasteiger partial charge in [0, 0.05) is 28.3 Å². The summed E-state index contributed by atoms with van der Waals surface area (Å²) in [5.41, 5.74) is 6.64. The van der Waals surface area contributed by atoms with Crippen LogP contribution in [0, 0.1) is 13.8 Å². The standard InChI is InChI=1S/C33H30N4O2S/c1-23-9-13-25(14-10-23)21-30(26-7-5-4-6-8-26)35-33-37(28-17-19-29(39-3)20-18-28)31(36-40-33)22-34-32(38)27-15-11-24(2)12-16-27/h4-21H,22H2,1-3H3,(H,34,38). The lowest BCUT2D eigenvalue weighted by Gasteiger charge is -2.10. The molecule has 4 aromatic carbocycles. The van der Waals surface area contributed by atoms with E-state index in [1.54, 1.807) is 7.11 Å². The molecule has 5 aromatic rings. The SMILES string of the molecule is COc1ccc(-n2c(CNC(=O)c3ccc(C)cc3)nsc2=NC(=Cc2ccc(C)cc2)c2ccccc2)cc1. The van der Waals surface area contributed by atoms with Gasteiger partial charge < -0.3 is 10.1 Å². The van der Waals surface area contributed by atoms with Crippen molar-refractivity contribution in [1.29, 1.82) is 0 Å². The molecule has 0 saturated heterocycles.